The third-order valence-electron chi connectivity index (χ3n) is 4.35. The number of hydrogen-bond donors (Lipinski definition) is 2. The number of aromatic amines is 1. The van der Waals surface area contributed by atoms with E-state index in [2.05, 4.69) is 10.3 Å². The van der Waals surface area contributed by atoms with Gasteiger partial charge in [0.2, 0.25) is 5.43 Å². The number of ketones is 1. The first kappa shape index (κ1) is 22.1. The van der Waals surface area contributed by atoms with Crippen molar-refractivity contribution in [2.24, 2.45) is 5.92 Å². The lowest BCUT2D eigenvalue weighted by Crippen LogP contribution is -2.21. The van der Waals surface area contributed by atoms with E-state index >= 15 is 0 Å². The first-order valence-corrected chi connectivity index (χ1v) is 10.0. The Bertz CT molecular complexity index is 1240. The fourth-order valence-electron chi connectivity index (χ4n) is 3.05. The standard InChI is InChI=1S/C20H16Cl3N3O4/c1-9(2)7-15(27)17-19(28)16-14(26(29)30)6-4-11(22)18(16)25-20(17)24-13-5-3-10(21)8-12(13)23/h3-6,8-9H,7H2,1-2H3,(H2,24,25,28). The van der Waals surface area contributed by atoms with Crippen LogP contribution in [0.1, 0.15) is 30.6 Å². The van der Waals surface area contributed by atoms with Gasteiger partial charge in [-0.25, -0.2) is 0 Å². The zero-order chi connectivity index (χ0) is 22.2. The molecule has 30 heavy (non-hydrogen) atoms. The monoisotopic (exact) mass is 467 g/mol. The first-order chi connectivity index (χ1) is 14.1. The summed E-state index contributed by atoms with van der Waals surface area (Å²) in [7, 11) is 0. The molecule has 0 fully saturated rings. The summed E-state index contributed by atoms with van der Waals surface area (Å²) in [5.74, 6) is -0.450. The molecule has 7 nitrogen and oxygen atoms in total. The molecule has 156 valence electrons. The molecule has 0 aliphatic carbocycles. The van der Waals surface area contributed by atoms with Gasteiger partial charge in [-0.3, -0.25) is 19.7 Å². The Labute approximate surface area is 186 Å². The number of rotatable bonds is 6. The number of Topliss-reactive ketones (excluding diaryl/α,β-unsaturated/α-hetero) is 1. The molecule has 0 unspecified atom stereocenters. The maximum atomic E-state index is 13.3. The van der Waals surface area contributed by atoms with Crippen molar-refractivity contribution in [1.29, 1.82) is 0 Å². The third kappa shape index (κ3) is 4.28. The number of nitrogens with one attached hydrogen (secondary N) is 2. The minimum atomic E-state index is -0.781. The van der Waals surface area contributed by atoms with Crippen LogP contribution >= 0.6 is 34.8 Å². The number of nitro benzene ring substituents is 1. The van der Waals surface area contributed by atoms with Gasteiger partial charge in [0.05, 0.1) is 26.2 Å². The highest BCUT2D eigenvalue weighted by atomic mass is 35.5. The van der Waals surface area contributed by atoms with Gasteiger partial charge in [-0.1, -0.05) is 48.7 Å². The van der Waals surface area contributed by atoms with Crippen molar-refractivity contribution in [3.63, 3.8) is 0 Å². The quantitative estimate of drug-likeness (QED) is 0.248. The van der Waals surface area contributed by atoms with E-state index in [-0.39, 0.29) is 44.7 Å². The number of nitro groups is 1. The molecule has 10 heteroatoms. The Hall–Kier alpha value is -2.61. The molecule has 0 amide bonds. The van der Waals surface area contributed by atoms with Crippen LogP contribution in [0.4, 0.5) is 17.2 Å². The molecule has 0 aliphatic rings. The number of benzene rings is 2. The van der Waals surface area contributed by atoms with Crippen LogP contribution in [0, 0.1) is 16.0 Å². The van der Waals surface area contributed by atoms with Crippen LogP contribution in [-0.4, -0.2) is 15.7 Å². The van der Waals surface area contributed by atoms with E-state index < -0.39 is 21.8 Å². The highest BCUT2D eigenvalue weighted by Gasteiger charge is 2.26. The summed E-state index contributed by atoms with van der Waals surface area (Å²) in [6.45, 7) is 3.66. The molecule has 2 aromatic carbocycles. The zero-order valence-electron chi connectivity index (χ0n) is 15.9. The van der Waals surface area contributed by atoms with E-state index in [9.17, 15) is 19.7 Å². The fourth-order valence-corrected chi connectivity index (χ4v) is 3.72. The molecule has 0 spiro atoms. The number of H-pyrrole nitrogens is 1. The molecule has 0 radical (unpaired) electrons. The van der Waals surface area contributed by atoms with Crippen LogP contribution < -0.4 is 10.7 Å². The van der Waals surface area contributed by atoms with Crippen molar-refractivity contribution in [2.75, 3.05) is 5.32 Å². The summed E-state index contributed by atoms with van der Waals surface area (Å²) in [4.78, 5) is 39.9. The van der Waals surface area contributed by atoms with Gasteiger partial charge >= 0.3 is 0 Å². The Morgan fingerprint density at radius 2 is 1.87 bits per heavy atom. The van der Waals surface area contributed by atoms with Crippen molar-refractivity contribution in [3.05, 3.63) is 71.3 Å². The van der Waals surface area contributed by atoms with Crippen LogP contribution in [0.25, 0.3) is 10.9 Å². The number of halogens is 3. The summed E-state index contributed by atoms with van der Waals surface area (Å²) in [5, 5.41) is 14.9. The fraction of sp³-hybridized carbons (Fsp3) is 0.200. The molecule has 2 N–H and O–H groups in total. The second-order valence-electron chi connectivity index (χ2n) is 7.05. The number of non-ortho nitro benzene ring substituents is 1. The molecular formula is C20H16Cl3N3O4. The summed E-state index contributed by atoms with van der Waals surface area (Å²) in [6.07, 6.45) is 0.0754. The highest BCUT2D eigenvalue weighted by Crippen LogP contribution is 2.33. The average molecular weight is 469 g/mol. The Morgan fingerprint density at radius 3 is 2.47 bits per heavy atom. The zero-order valence-corrected chi connectivity index (χ0v) is 18.2. The second-order valence-corrected chi connectivity index (χ2v) is 8.30. The predicted octanol–water partition coefficient (Wildman–Crippen LogP) is 6.37. The van der Waals surface area contributed by atoms with E-state index in [1.165, 1.54) is 12.1 Å². The number of aromatic nitrogens is 1. The molecule has 1 aromatic heterocycles. The molecule has 0 saturated carbocycles. The Kier molecular flexibility index (Phi) is 6.36. The summed E-state index contributed by atoms with van der Waals surface area (Å²) >= 11 is 18.3. The van der Waals surface area contributed by atoms with Gasteiger partial charge < -0.3 is 10.3 Å². The van der Waals surface area contributed by atoms with Crippen molar-refractivity contribution in [3.8, 4) is 0 Å². The van der Waals surface area contributed by atoms with Gasteiger partial charge in [0.15, 0.2) is 5.78 Å². The van der Waals surface area contributed by atoms with Crippen molar-refractivity contribution >= 4 is 68.7 Å². The number of fused-ring (bicyclic) bond motifs is 1. The number of anilines is 2. The van der Waals surface area contributed by atoms with E-state index in [0.717, 1.165) is 6.07 Å². The molecule has 0 atom stereocenters. The predicted molar refractivity (Wildman–Crippen MR) is 120 cm³/mol. The molecule has 0 saturated heterocycles. The normalized spacial score (nSPS) is 11.1. The molecule has 3 rings (SSSR count). The lowest BCUT2D eigenvalue weighted by molar-refractivity contribution is -0.383. The van der Waals surface area contributed by atoms with E-state index in [0.29, 0.717) is 10.7 Å². The highest BCUT2D eigenvalue weighted by molar-refractivity contribution is 6.37. The number of carbonyl (C=O) groups excluding carboxylic acids is 1. The lowest BCUT2D eigenvalue weighted by atomic mass is 9.99. The van der Waals surface area contributed by atoms with Gasteiger partial charge in [-0.15, -0.1) is 0 Å². The van der Waals surface area contributed by atoms with Crippen LogP contribution in [-0.2, 0) is 0 Å². The third-order valence-corrected chi connectivity index (χ3v) is 5.21. The SMILES string of the molecule is CC(C)CC(=O)c1c(Nc2ccc(Cl)cc2Cl)[nH]c2c(Cl)ccc([N+](=O)[O-])c2c1=O. The molecular weight excluding hydrogens is 453 g/mol. The van der Waals surface area contributed by atoms with Crippen molar-refractivity contribution < 1.29 is 9.72 Å². The van der Waals surface area contributed by atoms with Crippen LogP contribution in [0.15, 0.2) is 35.1 Å². The Morgan fingerprint density at radius 1 is 1.17 bits per heavy atom. The summed E-state index contributed by atoms with van der Waals surface area (Å²) in [5.41, 5.74) is -1.02. The summed E-state index contributed by atoms with van der Waals surface area (Å²) < 4.78 is 0. The summed E-state index contributed by atoms with van der Waals surface area (Å²) in [6, 6.07) is 7.12. The minimum Gasteiger partial charge on any atom is -0.340 e. The van der Waals surface area contributed by atoms with Crippen molar-refractivity contribution in [2.45, 2.75) is 20.3 Å². The van der Waals surface area contributed by atoms with E-state index in [1.54, 1.807) is 12.1 Å². The lowest BCUT2D eigenvalue weighted by Gasteiger charge is -2.15. The van der Waals surface area contributed by atoms with Crippen LogP contribution in [0.2, 0.25) is 15.1 Å². The number of hydrogen-bond acceptors (Lipinski definition) is 5. The molecule has 1 heterocycles. The average Bonchev–Trinajstić information content (AvgIpc) is 2.64. The Balaban J connectivity index is 2.34. The van der Waals surface area contributed by atoms with Gasteiger partial charge in [-0.2, -0.15) is 0 Å². The smallest absolute Gasteiger partial charge is 0.282 e. The van der Waals surface area contributed by atoms with E-state index in [1.807, 2.05) is 13.8 Å². The number of carbonyl (C=O) groups is 1. The van der Waals surface area contributed by atoms with Crippen LogP contribution in [0.5, 0.6) is 0 Å². The number of pyridine rings is 1. The second kappa shape index (κ2) is 8.63. The van der Waals surface area contributed by atoms with Crippen LogP contribution in [0.3, 0.4) is 0 Å². The number of nitrogens with zero attached hydrogens (tertiary/aromatic N) is 1. The molecule has 3 aromatic rings. The van der Waals surface area contributed by atoms with Gasteiger partial charge in [-0.05, 0) is 30.2 Å². The largest absolute Gasteiger partial charge is 0.340 e. The van der Waals surface area contributed by atoms with Gasteiger partial charge in [0.25, 0.3) is 5.69 Å². The first-order valence-electron chi connectivity index (χ1n) is 8.88. The molecule has 0 bridgehead atoms. The maximum Gasteiger partial charge on any atom is 0.282 e. The van der Waals surface area contributed by atoms with Crippen molar-refractivity contribution in [1.82, 2.24) is 4.98 Å². The maximum absolute atomic E-state index is 13.3. The van der Waals surface area contributed by atoms with E-state index in [4.69, 9.17) is 34.8 Å². The minimum absolute atomic E-state index is 0.0334. The van der Waals surface area contributed by atoms with Gasteiger partial charge in [0.1, 0.15) is 16.8 Å². The van der Waals surface area contributed by atoms with Gasteiger partial charge in [0, 0.05) is 17.5 Å². The molecule has 0 aliphatic heterocycles. The topological polar surface area (TPSA) is 105 Å².